The van der Waals surface area contributed by atoms with Gasteiger partial charge in [-0.05, 0) is 52.7 Å². The molecule has 0 fully saturated rings. The lowest BCUT2D eigenvalue weighted by Gasteiger charge is -2.24. The van der Waals surface area contributed by atoms with Gasteiger partial charge in [-0.15, -0.1) is 0 Å². The van der Waals surface area contributed by atoms with E-state index >= 15 is 0 Å². The highest BCUT2D eigenvalue weighted by Gasteiger charge is 2.19. The Bertz CT molecular complexity index is 572. The first kappa shape index (κ1) is 14.9. The third-order valence-corrected chi connectivity index (χ3v) is 3.65. The molecule has 0 bridgehead atoms. The molecule has 0 saturated heterocycles. The quantitative estimate of drug-likeness (QED) is 0.900. The summed E-state index contributed by atoms with van der Waals surface area (Å²) in [5, 5.41) is 0. The Morgan fingerprint density at radius 1 is 1.10 bits per heavy atom. The van der Waals surface area contributed by atoms with Crippen molar-refractivity contribution in [2.75, 3.05) is 7.11 Å². The molecule has 0 amide bonds. The van der Waals surface area contributed by atoms with Crippen LogP contribution in [0.15, 0.2) is 53.0 Å². The number of para-hydroxylation sites is 1. The van der Waals surface area contributed by atoms with Gasteiger partial charge in [0, 0.05) is 6.04 Å². The van der Waals surface area contributed by atoms with Crippen LogP contribution < -0.4 is 15.2 Å². The maximum atomic E-state index is 6.08. The molecule has 2 aromatic carbocycles. The summed E-state index contributed by atoms with van der Waals surface area (Å²) in [4.78, 5) is 0. The van der Waals surface area contributed by atoms with Gasteiger partial charge >= 0.3 is 0 Å². The van der Waals surface area contributed by atoms with E-state index < -0.39 is 0 Å². The zero-order valence-corrected chi connectivity index (χ0v) is 13.1. The summed E-state index contributed by atoms with van der Waals surface area (Å²) in [7, 11) is 1.65. The second-order valence-corrected chi connectivity index (χ2v) is 5.46. The summed E-state index contributed by atoms with van der Waals surface area (Å²) in [5.41, 5.74) is 7.07. The molecule has 0 aliphatic rings. The maximum absolute atomic E-state index is 6.08. The molecule has 0 heterocycles. The monoisotopic (exact) mass is 335 g/mol. The lowest BCUT2D eigenvalue weighted by Crippen LogP contribution is -2.29. The van der Waals surface area contributed by atoms with Crippen LogP contribution in [0.25, 0.3) is 0 Å². The van der Waals surface area contributed by atoms with Crippen LogP contribution >= 0.6 is 15.9 Å². The van der Waals surface area contributed by atoms with Crippen molar-refractivity contribution in [2.24, 2.45) is 5.73 Å². The van der Waals surface area contributed by atoms with Gasteiger partial charge in [0.1, 0.15) is 17.6 Å². The van der Waals surface area contributed by atoms with Crippen molar-refractivity contribution in [3.8, 4) is 11.5 Å². The Hall–Kier alpha value is -1.52. The fourth-order valence-corrected chi connectivity index (χ4v) is 2.35. The van der Waals surface area contributed by atoms with Crippen LogP contribution in [0, 0.1) is 0 Å². The molecule has 2 atom stereocenters. The first-order valence-electron chi connectivity index (χ1n) is 6.42. The fraction of sp³-hybridized carbons (Fsp3) is 0.250. The van der Waals surface area contributed by atoms with Crippen molar-refractivity contribution in [3.63, 3.8) is 0 Å². The van der Waals surface area contributed by atoms with Crippen LogP contribution in [0.1, 0.15) is 18.6 Å². The number of benzene rings is 2. The average Bonchev–Trinajstić information content (AvgIpc) is 2.46. The zero-order valence-electron chi connectivity index (χ0n) is 11.5. The van der Waals surface area contributed by atoms with Gasteiger partial charge in [0.05, 0.1) is 11.6 Å². The van der Waals surface area contributed by atoms with E-state index in [1.807, 2.05) is 55.5 Å². The molecule has 0 aromatic heterocycles. The molecule has 106 valence electrons. The highest BCUT2D eigenvalue weighted by atomic mass is 79.9. The number of halogens is 1. The molecule has 2 rings (SSSR count). The Balaban J connectivity index is 2.29. The highest BCUT2D eigenvalue weighted by molar-refractivity contribution is 9.10. The van der Waals surface area contributed by atoms with Crippen LogP contribution in [0.4, 0.5) is 0 Å². The first-order valence-corrected chi connectivity index (χ1v) is 7.22. The van der Waals surface area contributed by atoms with Gasteiger partial charge in [0.25, 0.3) is 0 Å². The summed E-state index contributed by atoms with van der Waals surface area (Å²) in [6.07, 6.45) is -0.233. The second kappa shape index (κ2) is 6.77. The van der Waals surface area contributed by atoms with E-state index in [2.05, 4.69) is 15.9 Å². The third kappa shape index (κ3) is 3.52. The molecular weight excluding hydrogens is 318 g/mol. The topological polar surface area (TPSA) is 44.5 Å². The van der Waals surface area contributed by atoms with Crippen LogP contribution in [0.3, 0.4) is 0 Å². The van der Waals surface area contributed by atoms with Crippen molar-refractivity contribution in [1.29, 1.82) is 0 Å². The number of rotatable bonds is 5. The van der Waals surface area contributed by atoms with E-state index in [4.69, 9.17) is 15.2 Å². The van der Waals surface area contributed by atoms with Crippen LogP contribution in [-0.4, -0.2) is 13.2 Å². The molecule has 0 aliphatic heterocycles. The molecule has 4 heteroatoms. The van der Waals surface area contributed by atoms with Crippen LogP contribution in [0.5, 0.6) is 11.5 Å². The number of hydrogen-bond acceptors (Lipinski definition) is 3. The standard InChI is InChI=1S/C16H18BrNO2/c1-11(18)16(12-6-5-7-13(10-12)19-2)20-15-9-4-3-8-14(15)17/h3-11,16H,18H2,1-2H3. The molecule has 0 spiro atoms. The fourth-order valence-electron chi connectivity index (χ4n) is 1.97. The molecule has 20 heavy (non-hydrogen) atoms. The number of hydrogen-bond donors (Lipinski definition) is 1. The molecule has 2 aromatic rings. The van der Waals surface area contributed by atoms with E-state index in [0.29, 0.717) is 0 Å². The van der Waals surface area contributed by atoms with Crippen molar-refractivity contribution < 1.29 is 9.47 Å². The predicted octanol–water partition coefficient (Wildman–Crippen LogP) is 3.93. The minimum atomic E-state index is -0.233. The van der Waals surface area contributed by atoms with E-state index in [-0.39, 0.29) is 12.1 Å². The summed E-state index contributed by atoms with van der Waals surface area (Å²) < 4.78 is 12.2. The minimum Gasteiger partial charge on any atom is -0.497 e. The normalized spacial score (nSPS) is 13.6. The van der Waals surface area contributed by atoms with E-state index in [9.17, 15) is 0 Å². The molecule has 0 radical (unpaired) electrons. The predicted molar refractivity (Wildman–Crippen MR) is 84.2 cm³/mol. The van der Waals surface area contributed by atoms with Crippen molar-refractivity contribution in [1.82, 2.24) is 0 Å². The van der Waals surface area contributed by atoms with Crippen LogP contribution in [-0.2, 0) is 0 Å². The Kier molecular flexibility index (Phi) is 5.04. The number of methoxy groups -OCH3 is 1. The summed E-state index contributed by atoms with van der Waals surface area (Å²) >= 11 is 3.48. The lowest BCUT2D eigenvalue weighted by molar-refractivity contribution is 0.179. The highest BCUT2D eigenvalue weighted by Crippen LogP contribution is 2.31. The van der Waals surface area contributed by atoms with E-state index in [0.717, 1.165) is 21.5 Å². The summed E-state index contributed by atoms with van der Waals surface area (Å²) in [6.45, 7) is 1.93. The molecule has 2 unspecified atom stereocenters. The third-order valence-electron chi connectivity index (χ3n) is 2.99. The van der Waals surface area contributed by atoms with Crippen molar-refractivity contribution in [2.45, 2.75) is 19.1 Å². The Morgan fingerprint density at radius 2 is 1.85 bits per heavy atom. The summed E-state index contributed by atoms with van der Waals surface area (Å²) in [5.74, 6) is 1.57. The Labute approximate surface area is 127 Å². The van der Waals surface area contributed by atoms with E-state index in [1.54, 1.807) is 7.11 Å². The van der Waals surface area contributed by atoms with Gasteiger partial charge in [-0.1, -0.05) is 24.3 Å². The van der Waals surface area contributed by atoms with E-state index in [1.165, 1.54) is 0 Å². The smallest absolute Gasteiger partial charge is 0.139 e. The van der Waals surface area contributed by atoms with Gasteiger partial charge < -0.3 is 15.2 Å². The number of ether oxygens (including phenoxy) is 2. The van der Waals surface area contributed by atoms with Gasteiger partial charge in [-0.2, -0.15) is 0 Å². The molecule has 0 saturated carbocycles. The SMILES string of the molecule is COc1cccc(C(Oc2ccccc2Br)C(C)N)c1. The Morgan fingerprint density at radius 3 is 2.50 bits per heavy atom. The van der Waals surface area contributed by atoms with Crippen molar-refractivity contribution in [3.05, 3.63) is 58.6 Å². The number of nitrogens with two attached hydrogens (primary N) is 1. The second-order valence-electron chi connectivity index (χ2n) is 4.60. The average molecular weight is 336 g/mol. The van der Waals surface area contributed by atoms with Crippen LogP contribution in [0.2, 0.25) is 0 Å². The van der Waals surface area contributed by atoms with Gasteiger partial charge in [0.15, 0.2) is 0 Å². The van der Waals surface area contributed by atoms with Crippen molar-refractivity contribution >= 4 is 15.9 Å². The van der Waals surface area contributed by atoms with Gasteiger partial charge in [-0.3, -0.25) is 0 Å². The molecular formula is C16H18BrNO2. The molecule has 3 nitrogen and oxygen atoms in total. The zero-order chi connectivity index (χ0) is 14.5. The minimum absolute atomic E-state index is 0.144. The lowest BCUT2D eigenvalue weighted by atomic mass is 10.0. The molecule has 0 aliphatic carbocycles. The largest absolute Gasteiger partial charge is 0.497 e. The first-order chi connectivity index (χ1) is 9.61. The van der Waals surface area contributed by atoms with Gasteiger partial charge in [-0.25, -0.2) is 0 Å². The maximum Gasteiger partial charge on any atom is 0.139 e. The van der Waals surface area contributed by atoms with Gasteiger partial charge in [0.2, 0.25) is 0 Å². The summed E-state index contributed by atoms with van der Waals surface area (Å²) in [6, 6.07) is 15.4. The molecule has 2 N–H and O–H groups in total.